The molecule has 23 heavy (non-hydrogen) atoms. The minimum Gasteiger partial charge on any atom is -0.507 e. The summed E-state index contributed by atoms with van der Waals surface area (Å²) < 4.78 is 5.36. The zero-order chi connectivity index (χ0) is 16.4. The summed E-state index contributed by atoms with van der Waals surface area (Å²) in [5.41, 5.74) is 0.820. The molecule has 0 saturated carbocycles. The van der Waals surface area contributed by atoms with Crippen molar-refractivity contribution in [3.63, 3.8) is 0 Å². The molecule has 2 atom stereocenters. The lowest BCUT2D eigenvalue weighted by molar-refractivity contribution is 0.178. The minimum atomic E-state index is -0.620. The van der Waals surface area contributed by atoms with E-state index in [1.807, 2.05) is 30.3 Å². The molecular weight excluding hydrogens is 292 g/mol. The monoisotopic (exact) mass is 310 g/mol. The van der Waals surface area contributed by atoms with Crippen molar-refractivity contribution in [1.82, 2.24) is 0 Å². The topological polar surface area (TPSA) is 70.7 Å². The van der Waals surface area contributed by atoms with E-state index in [1.54, 1.807) is 31.2 Å². The molecule has 0 radical (unpaired) electrons. The first-order valence-corrected chi connectivity index (χ1v) is 7.55. The predicted octanol–water partition coefficient (Wildman–Crippen LogP) is 3.40. The first kappa shape index (κ1) is 15.3. The largest absolute Gasteiger partial charge is 0.507 e. The molecule has 2 N–H and O–H groups in total. The van der Waals surface area contributed by atoms with Crippen molar-refractivity contribution in [2.45, 2.75) is 25.4 Å². The molecule has 0 saturated heterocycles. The Morgan fingerprint density at radius 2 is 1.70 bits per heavy atom. The molecule has 0 fully saturated rings. The van der Waals surface area contributed by atoms with E-state index >= 15 is 0 Å². The van der Waals surface area contributed by atoms with Crippen LogP contribution in [-0.2, 0) is 0 Å². The Morgan fingerprint density at radius 1 is 1.04 bits per heavy atom. The van der Waals surface area contributed by atoms with Crippen molar-refractivity contribution in [3.8, 4) is 5.75 Å². The summed E-state index contributed by atoms with van der Waals surface area (Å²) in [5.74, 6) is -0.511. The maximum Gasteiger partial charge on any atom is 0.343 e. The molecule has 4 heteroatoms. The van der Waals surface area contributed by atoms with Crippen molar-refractivity contribution >= 4 is 11.0 Å². The highest BCUT2D eigenvalue weighted by Crippen LogP contribution is 2.36. The molecule has 0 aliphatic rings. The number of aliphatic hydroxyl groups excluding tert-OH is 1. The molecule has 0 amide bonds. The Kier molecular flexibility index (Phi) is 4.17. The Bertz CT molecular complexity index is 865. The highest BCUT2D eigenvalue weighted by molar-refractivity contribution is 5.84. The van der Waals surface area contributed by atoms with E-state index in [0.717, 1.165) is 5.56 Å². The number of para-hydroxylation sites is 1. The number of benzene rings is 2. The lowest BCUT2D eigenvalue weighted by Crippen LogP contribution is -2.18. The van der Waals surface area contributed by atoms with Crippen LogP contribution in [0.2, 0.25) is 0 Å². The van der Waals surface area contributed by atoms with E-state index < -0.39 is 17.6 Å². The Balaban J connectivity index is 2.24. The molecule has 1 aromatic heterocycles. The smallest absolute Gasteiger partial charge is 0.343 e. The number of hydrogen-bond donors (Lipinski definition) is 2. The second-order valence-corrected chi connectivity index (χ2v) is 5.70. The summed E-state index contributed by atoms with van der Waals surface area (Å²) in [6, 6.07) is 16.2. The Labute approximate surface area is 133 Å². The summed E-state index contributed by atoms with van der Waals surface area (Å²) in [6.07, 6.45) is -0.300. The molecular formula is C19H18O4. The Hall–Kier alpha value is -2.59. The van der Waals surface area contributed by atoms with E-state index in [1.165, 1.54) is 0 Å². The van der Waals surface area contributed by atoms with E-state index in [-0.39, 0.29) is 11.3 Å². The first-order chi connectivity index (χ1) is 11.1. The van der Waals surface area contributed by atoms with E-state index in [2.05, 4.69) is 0 Å². The normalized spacial score (nSPS) is 13.8. The van der Waals surface area contributed by atoms with Gasteiger partial charge in [0.1, 0.15) is 11.3 Å². The van der Waals surface area contributed by atoms with Gasteiger partial charge in [-0.1, -0.05) is 42.5 Å². The van der Waals surface area contributed by atoms with Gasteiger partial charge in [0.05, 0.1) is 17.1 Å². The SMILES string of the molecule is C[C@@H](O)C[C@H](c1ccccc1)c1c(O)c2ccccc2oc1=O. The van der Waals surface area contributed by atoms with Crippen LogP contribution >= 0.6 is 0 Å². The summed E-state index contributed by atoms with van der Waals surface area (Å²) in [4.78, 5) is 12.4. The molecule has 3 aromatic rings. The molecule has 0 spiro atoms. The van der Waals surface area contributed by atoms with Crippen LogP contribution in [0.15, 0.2) is 63.8 Å². The highest BCUT2D eigenvalue weighted by atomic mass is 16.4. The average molecular weight is 310 g/mol. The van der Waals surface area contributed by atoms with Crippen LogP contribution in [0.4, 0.5) is 0 Å². The lowest BCUT2D eigenvalue weighted by Gasteiger charge is -2.20. The molecule has 1 heterocycles. The van der Waals surface area contributed by atoms with Gasteiger partial charge in [-0.3, -0.25) is 0 Å². The fourth-order valence-corrected chi connectivity index (χ4v) is 2.90. The fraction of sp³-hybridized carbons (Fsp3) is 0.211. The van der Waals surface area contributed by atoms with Gasteiger partial charge < -0.3 is 14.6 Å². The van der Waals surface area contributed by atoms with Crippen molar-refractivity contribution in [1.29, 1.82) is 0 Å². The molecule has 0 bridgehead atoms. The third-order valence-electron chi connectivity index (χ3n) is 3.95. The molecule has 0 aliphatic heterocycles. The minimum absolute atomic E-state index is 0.0775. The van der Waals surface area contributed by atoms with Gasteiger partial charge in [0.25, 0.3) is 0 Å². The summed E-state index contributed by atoms with van der Waals surface area (Å²) in [7, 11) is 0. The van der Waals surface area contributed by atoms with E-state index in [4.69, 9.17) is 4.42 Å². The standard InChI is InChI=1S/C19H18O4/c1-12(20)11-15(13-7-3-2-4-8-13)17-18(21)14-9-5-6-10-16(14)23-19(17)22/h2-10,12,15,20-21H,11H2,1H3/t12-,15-/m1/s1. The summed E-state index contributed by atoms with van der Waals surface area (Å²) in [6.45, 7) is 1.66. The zero-order valence-electron chi connectivity index (χ0n) is 12.8. The van der Waals surface area contributed by atoms with Crippen LogP contribution in [0.5, 0.6) is 5.75 Å². The van der Waals surface area contributed by atoms with Crippen molar-refractivity contribution in [3.05, 3.63) is 76.1 Å². The van der Waals surface area contributed by atoms with Gasteiger partial charge in [0.2, 0.25) is 0 Å². The maximum absolute atomic E-state index is 12.4. The predicted molar refractivity (Wildman–Crippen MR) is 88.7 cm³/mol. The quantitative estimate of drug-likeness (QED) is 0.725. The average Bonchev–Trinajstić information content (AvgIpc) is 2.54. The van der Waals surface area contributed by atoms with Gasteiger partial charge in [0.15, 0.2) is 0 Å². The van der Waals surface area contributed by atoms with Crippen LogP contribution in [0.25, 0.3) is 11.0 Å². The van der Waals surface area contributed by atoms with Crippen molar-refractivity contribution in [2.24, 2.45) is 0 Å². The molecule has 2 aromatic carbocycles. The van der Waals surface area contributed by atoms with E-state index in [9.17, 15) is 15.0 Å². The maximum atomic E-state index is 12.4. The molecule has 4 nitrogen and oxygen atoms in total. The number of hydrogen-bond acceptors (Lipinski definition) is 4. The number of rotatable bonds is 4. The second kappa shape index (κ2) is 6.26. The van der Waals surface area contributed by atoms with Crippen LogP contribution in [-0.4, -0.2) is 16.3 Å². The molecule has 3 rings (SSSR count). The van der Waals surface area contributed by atoms with Crippen molar-refractivity contribution < 1.29 is 14.6 Å². The van der Waals surface area contributed by atoms with Crippen LogP contribution in [0.3, 0.4) is 0 Å². The van der Waals surface area contributed by atoms with Gasteiger partial charge in [0, 0.05) is 5.92 Å². The van der Waals surface area contributed by atoms with Gasteiger partial charge in [-0.2, -0.15) is 0 Å². The number of fused-ring (bicyclic) bond motifs is 1. The van der Waals surface area contributed by atoms with E-state index in [0.29, 0.717) is 17.4 Å². The van der Waals surface area contributed by atoms with Crippen LogP contribution < -0.4 is 5.63 Å². The van der Waals surface area contributed by atoms with Crippen LogP contribution in [0, 0.1) is 0 Å². The van der Waals surface area contributed by atoms with Gasteiger partial charge in [-0.05, 0) is 31.0 Å². The second-order valence-electron chi connectivity index (χ2n) is 5.70. The zero-order valence-corrected chi connectivity index (χ0v) is 12.8. The summed E-state index contributed by atoms with van der Waals surface area (Å²) >= 11 is 0. The number of aromatic hydroxyl groups is 1. The fourth-order valence-electron chi connectivity index (χ4n) is 2.90. The summed E-state index contributed by atoms with van der Waals surface area (Å²) in [5, 5.41) is 21.0. The highest BCUT2D eigenvalue weighted by Gasteiger charge is 2.25. The molecule has 0 aliphatic carbocycles. The Morgan fingerprint density at radius 3 is 2.39 bits per heavy atom. The molecule has 118 valence electrons. The van der Waals surface area contributed by atoms with Gasteiger partial charge in [-0.25, -0.2) is 4.79 Å². The van der Waals surface area contributed by atoms with Crippen LogP contribution in [0.1, 0.15) is 30.4 Å². The number of aliphatic hydroxyl groups is 1. The van der Waals surface area contributed by atoms with Crippen molar-refractivity contribution in [2.75, 3.05) is 0 Å². The van der Waals surface area contributed by atoms with Gasteiger partial charge >= 0.3 is 5.63 Å². The first-order valence-electron chi connectivity index (χ1n) is 7.55. The third-order valence-corrected chi connectivity index (χ3v) is 3.95. The molecule has 0 unspecified atom stereocenters. The third kappa shape index (κ3) is 2.98. The lowest BCUT2D eigenvalue weighted by atomic mass is 9.86. The van der Waals surface area contributed by atoms with Gasteiger partial charge in [-0.15, -0.1) is 0 Å².